The molecule has 0 saturated carbocycles. The Hall–Kier alpha value is -2.06. The first kappa shape index (κ1) is 15.3. The highest BCUT2D eigenvalue weighted by atomic mass is 35.5. The maximum atomic E-state index is 12.2. The lowest BCUT2D eigenvalue weighted by Gasteiger charge is -2.08. The number of aryl methyl sites for hydroxylation is 1. The lowest BCUT2D eigenvalue weighted by molar-refractivity contribution is 0.0697. The van der Waals surface area contributed by atoms with Crippen molar-refractivity contribution in [3.63, 3.8) is 0 Å². The van der Waals surface area contributed by atoms with E-state index in [1.54, 1.807) is 13.8 Å². The van der Waals surface area contributed by atoms with E-state index in [0.717, 1.165) is 11.8 Å². The molecular weight excluding hydrogens is 318 g/mol. The molecule has 0 fully saturated rings. The standard InChI is InChI=1S/C12H12ClN3O4S/c1-6-7(2)14-15-11(6)16-21(19,20)8-3-4-10(13)9(5-8)12(17)18/h3-5H,1-2H3,(H,17,18)(H2,14,15,16). The van der Waals surface area contributed by atoms with E-state index in [4.69, 9.17) is 16.7 Å². The Morgan fingerprint density at radius 3 is 2.57 bits per heavy atom. The van der Waals surface area contributed by atoms with Crippen LogP contribution in [0.3, 0.4) is 0 Å². The molecule has 21 heavy (non-hydrogen) atoms. The summed E-state index contributed by atoms with van der Waals surface area (Å²) >= 11 is 5.72. The van der Waals surface area contributed by atoms with Crippen molar-refractivity contribution in [1.29, 1.82) is 0 Å². The van der Waals surface area contributed by atoms with Crippen LogP contribution in [0, 0.1) is 13.8 Å². The maximum absolute atomic E-state index is 12.2. The quantitative estimate of drug-likeness (QED) is 0.795. The number of carboxylic acid groups (broad SMARTS) is 1. The summed E-state index contributed by atoms with van der Waals surface area (Å²) in [4.78, 5) is 10.8. The number of hydrogen-bond donors (Lipinski definition) is 3. The largest absolute Gasteiger partial charge is 0.478 e. The van der Waals surface area contributed by atoms with E-state index >= 15 is 0 Å². The van der Waals surface area contributed by atoms with Crippen molar-refractivity contribution < 1.29 is 18.3 Å². The van der Waals surface area contributed by atoms with Crippen LogP contribution in [-0.4, -0.2) is 29.7 Å². The zero-order valence-corrected chi connectivity index (χ0v) is 12.7. The van der Waals surface area contributed by atoms with Gasteiger partial charge in [-0.25, -0.2) is 13.2 Å². The molecule has 0 spiro atoms. The van der Waals surface area contributed by atoms with Gasteiger partial charge in [0.05, 0.1) is 15.5 Å². The highest BCUT2D eigenvalue weighted by Crippen LogP contribution is 2.23. The third kappa shape index (κ3) is 3.01. The third-order valence-electron chi connectivity index (χ3n) is 2.96. The summed E-state index contributed by atoms with van der Waals surface area (Å²) in [5.74, 6) is -1.14. The molecule has 9 heteroatoms. The second-order valence-electron chi connectivity index (χ2n) is 4.37. The first-order valence-electron chi connectivity index (χ1n) is 5.79. The molecule has 0 saturated heterocycles. The van der Waals surface area contributed by atoms with Crippen LogP contribution in [0.5, 0.6) is 0 Å². The van der Waals surface area contributed by atoms with E-state index in [1.807, 2.05) is 0 Å². The fourth-order valence-electron chi connectivity index (χ4n) is 1.61. The van der Waals surface area contributed by atoms with E-state index in [1.165, 1.54) is 12.1 Å². The summed E-state index contributed by atoms with van der Waals surface area (Å²) in [7, 11) is -3.95. The second-order valence-corrected chi connectivity index (χ2v) is 6.46. The van der Waals surface area contributed by atoms with Gasteiger partial charge < -0.3 is 5.11 Å². The SMILES string of the molecule is Cc1[nH]nc(NS(=O)(=O)c2ccc(Cl)c(C(=O)O)c2)c1C. The molecule has 0 aliphatic heterocycles. The minimum absolute atomic E-state index is 0.0340. The maximum Gasteiger partial charge on any atom is 0.337 e. The first-order valence-corrected chi connectivity index (χ1v) is 7.65. The number of aromatic nitrogens is 2. The molecule has 7 nitrogen and oxygen atoms in total. The van der Waals surface area contributed by atoms with E-state index in [-0.39, 0.29) is 21.3 Å². The van der Waals surface area contributed by atoms with Crippen molar-refractivity contribution in [1.82, 2.24) is 10.2 Å². The molecule has 0 aliphatic carbocycles. The smallest absolute Gasteiger partial charge is 0.337 e. The Morgan fingerprint density at radius 1 is 1.38 bits per heavy atom. The van der Waals surface area contributed by atoms with Crippen LogP contribution in [0.1, 0.15) is 21.6 Å². The lowest BCUT2D eigenvalue weighted by atomic mass is 10.2. The van der Waals surface area contributed by atoms with Crippen LogP contribution in [-0.2, 0) is 10.0 Å². The Bertz CT molecular complexity index is 814. The van der Waals surface area contributed by atoms with Crippen molar-refractivity contribution in [3.05, 3.63) is 40.0 Å². The Balaban J connectivity index is 2.43. The van der Waals surface area contributed by atoms with Gasteiger partial charge in [0.1, 0.15) is 0 Å². The minimum Gasteiger partial charge on any atom is -0.478 e. The number of carbonyl (C=O) groups is 1. The van der Waals surface area contributed by atoms with Crippen molar-refractivity contribution in [2.24, 2.45) is 0 Å². The summed E-state index contributed by atoms with van der Waals surface area (Å²) in [6.07, 6.45) is 0. The summed E-state index contributed by atoms with van der Waals surface area (Å²) in [6, 6.07) is 3.45. The van der Waals surface area contributed by atoms with Crippen molar-refractivity contribution >= 4 is 33.4 Å². The Morgan fingerprint density at radius 2 is 2.05 bits per heavy atom. The number of hydrogen-bond acceptors (Lipinski definition) is 4. The Labute approximate surface area is 126 Å². The topological polar surface area (TPSA) is 112 Å². The van der Waals surface area contributed by atoms with E-state index in [2.05, 4.69) is 14.9 Å². The van der Waals surface area contributed by atoms with Gasteiger partial charge in [-0.1, -0.05) is 11.6 Å². The minimum atomic E-state index is -3.95. The van der Waals surface area contributed by atoms with Gasteiger partial charge in [0.2, 0.25) is 0 Å². The number of rotatable bonds is 4. The van der Waals surface area contributed by atoms with Gasteiger partial charge in [-0.3, -0.25) is 9.82 Å². The summed E-state index contributed by atoms with van der Waals surface area (Å²) in [5.41, 5.74) is 1.11. The van der Waals surface area contributed by atoms with Crippen LogP contribution in [0.2, 0.25) is 5.02 Å². The van der Waals surface area contributed by atoms with Gasteiger partial charge in [0, 0.05) is 11.3 Å². The molecule has 0 bridgehead atoms. The molecule has 1 heterocycles. The molecule has 0 unspecified atom stereocenters. The highest BCUT2D eigenvalue weighted by molar-refractivity contribution is 7.92. The summed E-state index contributed by atoms with van der Waals surface area (Å²) in [5, 5.41) is 15.4. The van der Waals surface area contributed by atoms with Gasteiger partial charge in [0.15, 0.2) is 5.82 Å². The molecule has 2 rings (SSSR count). The summed E-state index contributed by atoms with van der Waals surface area (Å²) < 4.78 is 26.8. The second kappa shape index (κ2) is 5.38. The molecule has 0 amide bonds. The van der Waals surface area contributed by atoms with Crippen LogP contribution in [0.4, 0.5) is 5.82 Å². The van der Waals surface area contributed by atoms with E-state index in [0.29, 0.717) is 5.56 Å². The van der Waals surface area contributed by atoms with Crippen LogP contribution >= 0.6 is 11.6 Å². The number of aromatic amines is 1. The van der Waals surface area contributed by atoms with E-state index < -0.39 is 16.0 Å². The van der Waals surface area contributed by atoms with Crippen molar-refractivity contribution in [2.45, 2.75) is 18.7 Å². The van der Waals surface area contributed by atoms with Crippen LogP contribution < -0.4 is 4.72 Å². The summed E-state index contributed by atoms with van der Waals surface area (Å²) in [6.45, 7) is 3.46. The number of carboxylic acids is 1. The molecule has 0 radical (unpaired) electrons. The number of halogens is 1. The lowest BCUT2D eigenvalue weighted by Crippen LogP contribution is -2.15. The number of nitrogens with zero attached hydrogens (tertiary/aromatic N) is 1. The third-order valence-corrected chi connectivity index (χ3v) is 4.63. The predicted molar refractivity (Wildman–Crippen MR) is 77.3 cm³/mol. The average Bonchev–Trinajstić information content (AvgIpc) is 2.70. The van der Waals surface area contributed by atoms with Crippen molar-refractivity contribution in [3.8, 4) is 0 Å². The Kier molecular flexibility index (Phi) is 3.93. The average molecular weight is 330 g/mol. The number of sulfonamides is 1. The van der Waals surface area contributed by atoms with Crippen molar-refractivity contribution in [2.75, 3.05) is 4.72 Å². The number of nitrogens with one attached hydrogen (secondary N) is 2. The molecule has 3 N–H and O–H groups in total. The molecule has 0 atom stereocenters. The molecule has 1 aromatic heterocycles. The molecule has 2 aromatic rings. The zero-order chi connectivity index (χ0) is 15.8. The van der Waals surface area contributed by atoms with Gasteiger partial charge in [-0.15, -0.1) is 0 Å². The van der Waals surface area contributed by atoms with Gasteiger partial charge in [0.25, 0.3) is 10.0 Å². The molecule has 1 aromatic carbocycles. The highest BCUT2D eigenvalue weighted by Gasteiger charge is 2.20. The number of H-pyrrole nitrogens is 1. The molecular formula is C12H12ClN3O4S. The fraction of sp³-hybridized carbons (Fsp3) is 0.167. The predicted octanol–water partition coefficient (Wildman–Crippen LogP) is 2.18. The van der Waals surface area contributed by atoms with Gasteiger partial charge in [-0.2, -0.15) is 5.10 Å². The molecule has 0 aliphatic rings. The number of aromatic carboxylic acids is 1. The van der Waals surface area contributed by atoms with Crippen LogP contribution in [0.25, 0.3) is 0 Å². The fourth-order valence-corrected chi connectivity index (χ4v) is 2.90. The van der Waals surface area contributed by atoms with Gasteiger partial charge >= 0.3 is 5.97 Å². The van der Waals surface area contributed by atoms with Gasteiger partial charge in [-0.05, 0) is 32.0 Å². The first-order chi connectivity index (χ1) is 9.72. The van der Waals surface area contributed by atoms with E-state index in [9.17, 15) is 13.2 Å². The number of anilines is 1. The number of benzene rings is 1. The molecule has 112 valence electrons. The monoisotopic (exact) mass is 329 g/mol. The normalized spacial score (nSPS) is 11.4. The van der Waals surface area contributed by atoms with Crippen LogP contribution in [0.15, 0.2) is 23.1 Å². The zero-order valence-electron chi connectivity index (χ0n) is 11.1.